The summed E-state index contributed by atoms with van der Waals surface area (Å²) in [7, 11) is 1.55. The number of benzene rings is 2. The topological polar surface area (TPSA) is 47.6 Å². The number of carbonyl (C=O) groups is 1. The summed E-state index contributed by atoms with van der Waals surface area (Å²) in [6, 6.07) is 8.90. The maximum absolute atomic E-state index is 12.5. The number of halogens is 2. The first kappa shape index (κ1) is 17.9. The van der Waals surface area contributed by atoms with Crippen molar-refractivity contribution >= 4 is 45.8 Å². The Morgan fingerprint density at radius 2 is 2.09 bits per heavy atom. The van der Waals surface area contributed by atoms with Gasteiger partial charge >= 0.3 is 0 Å². The number of rotatable bonds is 5. The average Bonchev–Trinajstić information content (AvgIpc) is 2.52. The number of para-hydroxylation sites is 1. The lowest BCUT2D eigenvalue weighted by Crippen LogP contribution is -2.14. The van der Waals surface area contributed by atoms with Gasteiger partial charge in [-0.15, -0.1) is 0 Å². The number of nitrogens with one attached hydrogen (secondary N) is 1. The fourth-order valence-corrected chi connectivity index (χ4v) is 3.14. The van der Waals surface area contributed by atoms with Crippen LogP contribution < -0.4 is 14.8 Å². The van der Waals surface area contributed by atoms with Crippen LogP contribution in [-0.4, -0.2) is 19.6 Å². The minimum Gasteiger partial charge on any atom is -0.493 e. The van der Waals surface area contributed by atoms with Gasteiger partial charge in [0.05, 0.1) is 28.0 Å². The van der Waals surface area contributed by atoms with Crippen LogP contribution in [0.15, 0.2) is 30.3 Å². The van der Waals surface area contributed by atoms with Gasteiger partial charge in [0.25, 0.3) is 5.91 Å². The first-order valence-corrected chi connectivity index (χ1v) is 8.50. The lowest BCUT2D eigenvalue weighted by molar-refractivity contribution is 0.102. The molecule has 1 amide bonds. The van der Waals surface area contributed by atoms with Gasteiger partial charge < -0.3 is 14.8 Å². The van der Waals surface area contributed by atoms with E-state index in [1.54, 1.807) is 25.3 Å². The van der Waals surface area contributed by atoms with Crippen molar-refractivity contribution < 1.29 is 14.3 Å². The number of carbonyl (C=O) groups excluding carboxylic acids is 1. The first-order valence-electron chi connectivity index (χ1n) is 7.04. The average molecular weight is 446 g/mol. The summed E-state index contributed by atoms with van der Waals surface area (Å²) in [6.07, 6.45) is 0. The quantitative estimate of drug-likeness (QED) is 0.665. The zero-order valence-electron chi connectivity index (χ0n) is 13.1. The molecule has 0 atom stereocenters. The van der Waals surface area contributed by atoms with Crippen LogP contribution in [0.5, 0.6) is 11.5 Å². The molecule has 0 aliphatic heterocycles. The minimum atomic E-state index is -0.250. The Labute approximate surface area is 154 Å². The summed E-state index contributed by atoms with van der Waals surface area (Å²) in [5.74, 6) is 0.918. The minimum absolute atomic E-state index is 0.250. The van der Waals surface area contributed by atoms with Crippen LogP contribution in [-0.2, 0) is 0 Å². The van der Waals surface area contributed by atoms with Gasteiger partial charge in [-0.2, -0.15) is 0 Å². The van der Waals surface area contributed by atoms with Crippen molar-refractivity contribution in [2.24, 2.45) is 0 Å². The molecule has 0 bridgehead atoms. The molecule has 2 rings (SSSR count). The molecule has 0 aromatic heterocycles. The molecule has 0 saturated heterocycles. The molecule has 0 radical (unpaired) electrons. The standard InChI is InChI=1S/C17H17ClINO3/c1-4-23-16-13(19)8-11(9-14(16)22-3)17(21)20-15-10(2)6-5-7-12(15)18/h5-9H,4H2,1-3H3,(H,20,21). The predicted octanol–water partition coefficient (Wildman–Crippen LogP) is 4.91. The molecule has 122 valence electrons. The van der Waals surface area contributed by atoms with Crippen molar-refractivity contribution in [2.45, 2.75) is 13.8 Å². The molecule has 2 aromatic carbocycles. The Kier molecular flexibility index (Phi) is 6.12. The molecule has 6 heteroatoms. The summed E-state index contributed by atoms with van der Waals surface area (Å²) in [4.78, 5) is 12.5. The lowest BCUT2D eigenvalue weighted by atomic mass is 10.1. The lowest BCUT2D eigenvalue weighted by Gasteiger charge is -2.14. The number of anilines is 1. The highest BCUT2D eigenvalue weighted by Gasteiger charge is 2.16. The van der Waals surface area contributed by atoms with E-state index in [-0.39, 0.29) is 5.91 Å². The molecule has 0 spiro atoms. The molecule has 0 aliphatic rings. The van der Waals surface area contributed by atoms with E-state index in [0.717, 1.165) is 9.13 Å². The number of ether oxygens (including phenoxy) is 2. The Bertz CT molecular complexity index is 714. The molecular weight excluding hydrogens is 429 g/mol. The number of amides is 1. The van der Waals surface area contributed by atoms with Crippen molar-refractivity contribution in [3.63, 3.8) is 0 Å². The van der Waals surface area contributed by atoms with Crippen LogP contribution >= 0.6 is 34.2 Å². The highest BCUT2D eigenvalue weighted by Crippen LogP contribution is 2.34. The molecular formula is C17H17ClINO3. The summed E-state index contributed by atoms with van der Waals surface area (Å²) < 4.78 is 11.7. The van der Waals surface area contributed by atoms with Gasteiger partial charge in [-0.3, -0.25) is 4.79 Å². The second-order valence-electron chi connectivity index (χ2n) is 4.81. The van der Waals surface area contributed by atoms with Gasteiger partial charge in [0.2, 0.25) is 0 Å². The maximum atomic E-state index is 12.5. The van der Waals surface area contributed by atoms with Crippen LogP contribution in [0.4, 0.5) is 5.69 Å². The molecule has 0 saturated carbocycles. The number of aryl methyl sites for hydroxylation is 1. The van der Waals surface area contributed by atoms with E-state index in [1.165, 1.54) is 0 Å². The maximum Gasteiger partial charge on any atom is 0.255 e. The van der Waals surface area contributed by atoms with Gasteiger partial charge in [-0.1, -0.05) is 23.7 Å². The van der Waals surface area contributed by atoms with E-state index < -0.39 is 0 Å². The molecule has 1 N–H and O–H groups in total. The third-order valence-electron chi connectivity index (χ3n) is 3.24. The van der Waals surface area contributed by atoms with E-state index in [0.29, 0.717) is 34.4 Å². The molecule has 0 aliphatic carbocycles. The highest BCUT2D eigenvalue weighted by molar-refractivity contribution is 14.1. The monoisotopic (exact) mass is 445 g/mol. The third kappa shape index (κ3) is 4.09. The normalized spacial score (nSPS) is 10.3. The summed E-state index contributed by atoms with van der Waals surface area (Å²) in [6.45, 7) is 4.32. The third-order valence-corrected chi connectivity index (χ3v) is 4.36. The van der Waals surface area contributed by atoms with Gasteiger partial charge in [0, 0.05) is 5.56 Å². The van der Waals surface area contributed by atoms with Gasteiger partial charge in [0.15, 0.2) is 11.5 Å². The molecule has 0 fully saturated rings. The van der Waals surface area contributed by atoms with Crippen molar-refractivity contribution in [1.29, 1.82) is 0 Å². The number of hydrogen-bond donors (Lipinski definition) is 1. The SMILES string of the molecule is CCOc1c(I)cc(C(=O)Nc2c(C)cccc2Cl)cc1OC. The smallest absolute Gasteiger partial charge is 0.255 e. The molecule has 4 nitrogen and oxygen atoms in total. The summed E-state index contributed by atoms with van der Waals surface area (Å²) >= 11 is 8.28. The van der Waals surface area contributed by atoms with E-state index in [9.17, 15) is 4.79 Å². The van der Waals surface area contributed by atoms with E-state index in [2.05, 4.69) is 27.9 Å². The highest BCUT2D eigenvalue weighted by atomic mass is 127. The number of hydrogen-bond acceptors (Lipinski definition) is 3. The van der Waals surface area contributed by atoms with Crippen LogP contribution in [0.25, 0.3) is 0 Å². The van der Waals surface area contributed by atoms with Gasteiger partial charge in [0.1, 0.15) is 0 Å². The second kappa shape index (κ2) is 7.88. The number of methoxy groups -OCH3 is 1. The van der Waals surface area contributed by atoms with Gasteiger partial charge in [-0.25, -0.2) is 0 Å². The zero-order valence-corrected chi connectivity index (χ0v) is 16.0. The fraction of sp³-hybridized carbons (Fsp3) is 0.235. The van der Waals surface area contributed by atoms with Crippen molar-refractivity contribution in [2.75, 3.05) is 19.0 Å². The Hall–Kier alpha value is -1.47. The van der Waals surface area contributed by atoms with E-state index in [1.807, 2.05) is 26.0 Å². The Balaban J connectivity index is 2.35. The van der Waals surface area contributed by atoms with Crippen LogP contribution in [0.3, 0.4) is 0 Å². The second-order valence-corrected chi connectivity index (χ2v) is 6.38. The van der Waals surface area contributed by atoms with Crippen LogP contribution in [0.2, 0.25) is 5.02 Å². The molecule has 0 heterocycles. The zero-order chi connectivity index (χ0) is 17.0. The van der Waals surface area contributed by atoms with Crippen molar-refractivity contribution in [1.82, 2.24) is 0 Å². The van der Waals surface area contributed by atoms with Crippen LogP contribution in [0.1, 0.15) is 22.8 Å². The Morgan fingerprint density at radius 1 is 1.35 bits per heavy atom. The summed E-state index contributed by atoms with van der Waals surface area (Å²) in [5, 5.41) is 3.36. The predicted molar refractivity (Wildman–Crippen MR) is 101 cm³/mol. The fourth-order valence-electron chi connectivity index (χ4n) is 2.11. The largest absolute Gasteiger partial charge is 0.493 e. The van der Waals surface area contributed by atoms with Crippen molar-refractivity contribution in [3.8, 4) is 11.5 Å². The van der Waals surface area contributed by atoms with Crippen LogP contribution in [0, 0.1) is 10.5 Å². The van der Waals surface area contributed by atoms with E-state index in [4.69, 9.17) is 21.1 Å². The van der Waals surface area contributed by atoms with E-state index >= 15 is 0 Å². The molecule has 0 unspecified atom stereocenters. The Morgan fingerprint density at radius 3 is 2.70 bits per heavy atom. The van der Waals surface area contributed by atoms with Crippen molar-refractivity contribution in [3.05, 3.63) is 50.1 Å². The summed E-state index contributed by atoms with van der Waals surface area (Å²) in [5.41, 5.74) is 1.99. The van der Waals surface area contributed by atoms with Gasteiger partial charge in [-0.05, 0) is 60.2 Å². The first-order chi connectivity index (χ1) is 11.0. The molecule has 2 aromatic rings. The molecule has 23 heavy (non-hydrogen) atoms.